The maximum atomic E-state index is 13.2. The molecule has 0 saturated heterocycles. The van der Waals surface area contributed by atoms with Crippen LogP contribution in [0.4, 0.5) is 15.8 Å². The molecule has 4 N–H and O–H groups in total. The lowest BCUT2D eigenvalue weighted by molar-refractivity contribution is -0.114. The van der Waals surface area contributed by atoms with Crippen LogP contribution in [0.5, 0.6) is 0 Å². The molecular formula is C13H12FN3O2S. The first-order chi connectivity index (χ1) is 9.60. The summed E-state index contributed by atoms with van der Waals surface area (Å²) in [7, 11) is 0. The molecule has 1 heterocycles. The molecule has 1 aromatic heterocycles. The molecule has 5 nitrogen and oxygen atoms in total. The number of carbonyl (C=O) groups is 2. The largest absolute Gasteiger partial charge is 0.323 e. The van der Waals surface area contributed by atoms with Gasteiger partial charge in [-0.05, 0) is 29.6 Å². The van der Waals surface area contributed by atoms with E-state index in [1.54, 1.807) is 17.5 Å². The third kappa shape index (κ3) is 3.40. The molecule has 0 fully saturated rings. The molecular weight excluding hydrogens is 281 g/mol. The van der Waals surface area contributed by atoms with Crippen molar-refractivity contribution in [3.8, 4) is 0 Å². The van der Waals surface area contributed by atoms with Crippen molar-refractivity contribution in [3.63, 3.8) is 0 Å². The molecule has 0 unspecified atom stereocenters. The van der Waals surface area contributed by atoms with Crippen molar-refractivity contribution in [1.82, 2.24) is 0 Å². The molecule has 0 aliphatic heterocycles. The van der Waals surface area contributed by atoms with Gasteiger partial charge in [0, 0.05) is 0 Å². The average Bonchev–Trinajstić information content (AvgIpc) is 2.95. The van der Waals surface area contributed by atoms with Gasteiger partial charge in [-0.25, -0.2) is 4.39 Å². The molecule has 0 atom stereocenters. The Labute approximate surface area is 118 Å². The van der Waals surface area contributed by atoms with Crippen LogP contribution < -0.4 is 16.4 Å². The van der Waals surface area contributed by atoms with Gasteiger partial charge in [0.05, 0.1) is 22.8 Å². The van der Waals surface area contributed by atoms with Gasteiger partial charge in [0.1, 0.15) is 5.82 Å². The van der Waals surface area contributed by atoms with Crippen LogP contribution in [0.15, 0.2) is 35.7 Å². The number of thiophene rings is 1. The van der Waals surface area contributed by atoms with E-state index in [1.807, 2.05) is 0 Å². The predicted octanol–water partition coefficient (Wildman–Crippen LogP) is 2.04. The zero-order chi connectivity index (χ0) is 14.5. The molecule has 0 aliphatic rings. The molecule has 0 aliphatic carbocycles. The van der Waals surface area contributed by atoms with Crippen LogP contribution in [-0.4, -0.2) is 18.4 Å². The second-order valence-electron chi connectivity index (χ2n) is 3.87. The minimum Gasteiger partial charge on any atom is -0.323 e. The number of anilines is 2. The number of carbonyl (C=O) groups excluding carboxylic acids is 2. The van der Waals surface area contributed by atoms with Gasteiger partial charge in [-0.1, -0.05) is 6.07 Å². The first-order valence-electron chi connectivity index (χ1n) is 5.74. The summed E-state index contributed by atoms with van der Waals surface area (Å²) in [6, 6.07) is 7.12. The Morgan fingerprint density at radius 2 is 2.00 bits per heavy atom. The molecule has 0 bridgehead atoms. The average molecular weight is 293 g/mol. The Morgan fingerprint density at radius 3 is 2.65 bits per heavy atom. The maximum Gasteiger partial charge on any atom is 0.265 e. The standard InChI is InChI=1S/C13H12FN3O2S/c14-8-3-4-9(10(6-8)16-12(18)7-15)17-13(19)11-2-1-5-20-11/h1-6H,7,15H2,(H,16,18)(H,17,19). The number of hydrogen-bond donors (Lipinski definition) is 3. The molecule has 2 rings (SSSR count). The highest BCUT2D eigenvalue weighted by Gasteiger charge is 2.12. The van der Waals surface area contributed by atoms with Crippen molar-refractivity contribution in [1.29, 1.82) is 0 Å². The fourth-order valence-electron chi connectivity index (χ4n) is 1.52. The van der Waals surface area contributed by atoms with E-state index in [0.717, 1.165) is 6.07 Å². The lowest BCUT2D eigenvalue weighted by atomic mass is 10.2. The summed E-state index contributed by atoms with van der Waals surface area (Å²) in [6.07, 6.45) is 0. The summed E-state index contributed by atoms with van der Waals surface area (Å²) >= 11 is 1.28. The van der Waals surface area contributed by atoms with Crippen molar-refractivity contribution in [2.24, 2.45) is 5.73 Å². The fourth-order valence-corrected chi connectivity index (χ4v) is 2.14. The van der Waals surface area contributed by atoms with E-state index >= 15 is 0 Å². The quantitative estimate of drug-likeness (QED) is 0.806. The van der Waals surface area contributed by atoms with Gasteiger partial charge in [0.25, 0.3) is 5.91 Å². The van der Waals surface area contributed by atoms with E-state index < -0.39 is 11.7 Å². The zero-order valence-electron chi connectivity index (χ0n) is 10.4. The second-order valence-corrected chi connectivity index (χ2v) is 4.82. The highest BCUT2D eigenvalue weighted by molar-refractivity contribution is 7.12. The van der Waals surface area contributed by atoms with E-state index in [1.165, 1.54) is 23.5 Å². The van der Waals surface area contributed by atoms with Gasteiger partial charge in [0.15, 0.2) is 0 Å². The number of amides is 2. The SMILES string of the molecule is NCC(=O)Nc1cc(F)ccc1NC(=O)c1cccs1. The van der Waals surface area contributed by atoms with Crippen molar-refractivity contribution in [3.05, 3.63) is 46.4 Å². The normalized spacial score (nSPS) is 10.1. The van der Waals surface area contributed by atoms with Crippen LogP contribution in [0, 0.1) is 5.82 Å². The van der Waals surface area contributed by atoms with E-state index in [0.29, 0.717) is 10.6 Å². The minimum absolute atomic E-state index is 0.172. The molecule has 2 aromatic rings. The van der Waals surface area contributed by atoms with E-state index in [4.69, 9.17) is 5.73 Å². The molecule has 0 spiro atoms. The highest BCUT2D eigenvalue weighted by atomic mass is 32.1. The molecule has 0 saturated carbocycles. The molecule has 7 heteroatoms. The fraction of sp³-hybridized carbons (Fsp3) is 0.0769. The first kappa shape index (κ1) is 14.2. The molecule has 0 radical (unpaired) electrons. The Bertz CT molecular complexity index is 629. The van der Waals surface area contributed by atoms with Gasteiger partial charge >= 0.3 is 0 Å². The van der Waals surface area contributed by atoms with Crippen LogP contribution in [0.3, 0.4) is 0 Å². The number of rotatable bonds is 4. The summed E-state index contributed by atoms with van der Waals surface area (Å²) in [5, 5.41) is 6.83. The van der Waals surface area contributed by atoms with Gasteiger partial charge in [-0.15, -0.1) is 11.3 Å². The second kappa shape index (κ2) is 6.27. The molecule has 104 valence electrons. The molecule has 2 amide bonds. The van der Waals surface area contributed by atoms with Crippen molar-refractivity contribution < 1.29 is 14.0 Å². The lowest BCUT2D eigenvalue weighted by Gasteiger charge is -2.11. The number of benzene rings is 1. The number of halogens is 1. The van der Waals surface area contributed by atoms with Crippen LogP contribution >= 0.6 is 11.3 Å². The smallest absolute Gasteiger partial charge is 0.265 e. The Hall–Kier alpha value is -2.25. The molecule has 20 heavy (non-hydrogen) atoms. The van der Waals surface area contributed by atoms with Crippen molar-refractivity contribution in [2.45, 2.75) is 0 Å². The van der Waals surface area contributed by atoms with Crippen molar-refractivity contribution in [2.75, 3.05) is 17.2 Å². The summed E-state index contributed by atoms with van der Waals surface area (Å²) in [4.78, 5) is 23.7. The number of nitrogens with two attached hydrogens (primary N) is 1. The third-order valence-electron chi connectivity index (χ3n) is 2.43. The molecule has 1 aromatic carbocycles. The summed E-state index contributed by atoms with van der Waals surface area (Å²) in [5.74, 6) is -1.32. The van der Waals surface area contributed by atoms with Gasteiger partial charge in [-0.2, -0.15) is 0 Å². The Kier molecular flexibility index (Phi) is 4.44. The number of nitrogens with one attached hydrogen (secondary N) is 2. The highest BCUT2D eigenvalue weighted by Crippen LogP contribution is 2.24. The summed E-state index contributed by atoms with van der Waals surface area (Å²) in [5.41, 5.74) is 5.68. The van der Waals surface area contributed by atoms with Crippen LogP contribution in [0.2, 0.25) is 0 Å². The zero-order valence-corrected chi connectivity index (χ0v) is 11.2. The monoisotopic (exact) mass is 293 g/mol. The van der Waals surface area contributed by atoms with Gasteiger partial charge in [-0.3, -0.25) is 9.59 Å². The first-order valence-corrected chi connectivity index (χ1v) is 6.62. The third-order valence-corrected chi connectivity index (χ3v) is 3.30. The van der Waals surface area contributed by atoms with E-state index in [-0.39, 0.29) is 18.1 Å². The maximum absolute atomic E-state index is 13.2. The van der Waals surface area contributed by atoms with E-state index in [9.17, 15) is 14.0 Å². The van der Waals surface area contributed by atoms with E-state index in [2.05, 4.69) is 10.6 Å². The van der Waals surface area contributed by atoms with Crippen molar-refractivity contribution >= 4 is 34.5 Å². The predicted molar refractivity (Wildman–Crippen MR) is 76.4 cm³/mol. The summed E-state index contributed by atoms with van der Waals surface area (Å²) < 4.78 is 13.2. The Balaban J connectivity index is 2.22. The van der Waals surface area contributed by atoms with Gasteiger partial charge in [0.2, 0.25) is 5.91 Å². The lowest BCUT2D eigenvalue weighted by Crippen LogP contribution is -2.23. The topological polar surface area (TPSA) is 84.2 Å². The number of hydrogen-bond acceptors (Lipinski definition) is 4. The van der Waals surface area contributed by atoms with Crippen LogP contribution in [0.1, 0.15) is 9.67 Å². The summed E-state index contributed by atoms with van der Waals surface area (Å²) in [6.45, 7) is -0.227. The van der Waals surface area contributed by atoms with Gasteiger partial charge < -0.3 is 16.4 Å². The van der Waals surface area contributed by atoms with Crippen LogP contribution in [0.25, 0.3) is 0 Å². The minimum atomic E-state index is -0.522. The Morgan fingerprint density at radius 1 is 1.20 bits per heavy atom. The van der Waals surface area contributed by atoms with Crippen LogP contribution in [-0.2, 0) is 4.79 Å².